The summed E-state index contributed by atoms with van der Waals surface area (Å²) < 4.78 is 25.9. The van der Waals surface area contributed by atoms with E-state index in [0.29, 0.717) is 31.6 Å². The summed E-state index contributed by atoms with van der Waals surface area (Å²) in [5, 5.41) is 2.78. The summed E-state index contributed by atoms with van der Waals surface area (Å²) in [6.07, 6.45) is 2.06. The Kier molecular flexibility index (Phi) is 9.05. The van der Waals surface area contributed by atoms with Crippen molar-refractivity contribution in [3.8, 4) is 0 Å². The zero-order chi connectivity index (χ0) is 22.9. The van der Waals surface area contributed by atoms with Gasteiger partial charge in [-0.2, -0.15) is 0 Å². The number of amides is 2. The number of nitrogens with zero attached hydrogens (tertiary/aromatic N) is 2. The molecule has 1 unspecified atom stereocenters. The van der Waals surface area contributed by atoms with Gasteiger partial charge in [-0.1, -0.05) is 55.5 Å². The minimum absolute atomic E-state index is 0.239. The molecule has 2 aromatic carbocycles. The molecule has 0 aliphatic rings. The number of para-hydroxylation sites is 1. The Morgan fingerprint density at radius 3 is 2.06 bits per heavy atom. The van der Waals surface area contributed by atoms with E-state index in [9.17, 15) is 18.0 Å². The highest BCUT2D eigenvalue weighted by Crippen LogP contribution is 2.18. The van der Waals surface area contributed by atoms with Gasteiger partial charge < -0.3 is 10.2 Å². The molecule has 0 saturated heterocycles. The zero-order valence-corrected chi connectivity index (χ0v) is 19.1. The van der Waals surface area contributed by atoms with E-state index < -0.39 is 22.0 Å². The minimum Gasteiger partial charge on any atom is -0.355 e. The first-order chi connectivity index (χ1) is 14.8. The van der Waals surface area contributed by atoms with Gasteiger partial charge in [0.15, 0.2) is 0 Å². The number of rotatable bonds is 11. The number of benzene rings is 2. The first kappa shape index (κ1) is 24.4. The Labute approximate surface area is 185 Å². The molecule has 0 fully saturated rings. The first-order valence-corrected chi connectivity index (χ1v) is 12.3. The molecule has 1 N–H and O–H groups in total. The third-order valence-corrected chi connectivity index (χ3v) is 6.09. The van der Waals surface area contributed by atoms with Gasteiger partial charge >= 0.3 is 0 Å². The third kappa shape index (κ3) is 7.10. The fourth-order valence-corrected chi connectivity index (χ4v) is 4.25. The molecule has 31 heavy (non-hydrogen) atoms. The van der Waals surface area contributed by atoms with Crippen molar-refractivity contribution in [2.75, 3.05) is 30.2 Å². The summed E-state index contributed by atoms with van der Waals surface area (Å²) in [5.74, 6) is -0.652. The lowest BCUT2D eigenvalue weighted by molar-refractivity contribution is -0.139. The lowest BCUT2D eigenvalue weighted by atomic mass is 10.1. The normalized spacial score (nSPS) is 12.1. The first-order valence-electron chi connectivity index (χ1n) is 10.4. The molecule has 1 atom stereocenters. The van der Waals surface area contributed by atoms with E-state index in [0.717, 1.165) is 16.1 Å². The highest BCUT2D eigenvalue weighted by molar-refractivity contribution is 7.92. The fourth-order valence-electron chi connectivity index (χ4n) is 3.40. The highest BCUT2D eigenvalue weighted by atomic mass is 32.2. The van der Waals surface area contributed by atoms with Gasteiger partial charge in [0.25, 0.3) is 0 Å². The molecular weight excluding hydrogens is 414 g/mol. The summed E-state index contributed by atoms with van der Waals surface area (Å²) in [4.78, 5) is 27.5. The van der Waals surface area contributed by atoms with Crippen molar-refractivity contribution in [1.82, 2.24) is 10.2 Å². The van der Waals surface area contributed by atoms with Crippen molar-refractivity contribution in [1.29, 1.82) is 0 Å². The van der Waals surface area contributed by atoms with Crippen molar-refractivity contribution < 1.29 is 18.0 Å². The molecule has 2 aromatic rings. The maximum absolute atomic E-state index is 13.3. The maximum atomic E-state index is 13.3. The Balaban J connectivity index is 2.31. The molecule has 2 amide bonds. The molecule has 8 heteroatoms. The van der Waals surface area contributed by atoms with Gasteiger partial charge in [-0.15, -0.1) is 0 Å². The smallest absolute Gasteiger partial charge is 0.244 e. The summed E-state index contributed by atoms with van der Waals surface area (Å²) in [6, 6.07) is 17.5. The molecule has 0 aromatic heterocycles. The van der Waals surface area contributed by atoms with Crippen molar-refractivity contribution >= 4 is 27.5 Å². The van der Waals surface area contributed by atoms with Crippen LogP contribution in [0.2, 0.25) is 0 Å². The van der Waals surface area contributed by atoms with Crippen LogP contribution in [0.25, 0.3) is 0 Å². The molecule has 0 radical (unpaired) electrons. The summed E-state index contributed by atoms with van der Waals surface area (Å²) in [5.41, 5.74) is 1.45. The van der Waals surface area contributed by atoms with Crippen LogP contribution in [0.5, 0.6) is 0 Å². The fraction of sp³-hybridized carbons (Fsp3) is 0.391. The number of nitrogens with one attached hydrogen (secondary N) is 1. The van der Waals surface area contributed by atoms with Crippen LogP contribution in [0, 0.1) is 0 Å². The monoisotopic (exact) mass is 445 g/mol. The second-order valence-electron chi connectivity index (χ2n) is 7.25. The molecule has 0 heterocycles. The van der Waals surface area contributed by atoms with E-state index in [2.05, 4.69) is 5.32 Å². The molecule has 168 valence electrons. The van der Waals surface area contributed by atoms with Crippen molar-refractivity contribution in [3.63, 3.8) is 0 Å². The minimum atomic E-state index is -3.69. The predicted molar refractivity (Wildman–Crippen MR) is 123 cm³/mol. The Hall–Kier alpha value is -2.87. The average molecular weight is 446 g/mol. The standard InChI is InChI=1S/C23H31N3O4S/c1-4-21(23(28)24-5-2)25(17-16-19-12-8-6-9-13-19)22(27)18-26(31(3,29)30)20-14-10-7-11-15-20/h6-15,21H,4-5,16-18H2,1-3H3,(H,24,28). The lowest BCUT2D eigenvalue weighted by Gasteiger charge is -2.32. The number of carbonyl (C=O) groups is 2. The summed E-state index contributed by atoms with van der Waals surface area (Å²) >= 11 is 0. The molecule has 0 bridgehead atoms. The van der Waals surface area contributed by atoms with Crippen LogP contribution in [-0.4, -0.2) is 57.1 Å². The molecule has 7 nitrogen and oxygen atoms in total. The van der Waals surface area contributed by atoms with Gasteiger partial charge in [0, 0.05) is 13.1 Å². The topological polar surface area (TPSA) is 86.8 Å². The van der Waals surface area contributed by atoms with Crippen LogP contribution in [-0.2, 0) is 26.0 Å². The highest BCUT2D eigenvalue weighted by Gasteiger charge is 2.31. The second-order valence-corrected chi connectivity index (χ2v) is 9.15. The van der Waals surface area contributed by atoms with Gasteiger partial charge in [0.1, 0.15) is 12.6 Å². The largest absolute Gasteiger partial charge is 0.355 e. The Morgan fingerprint density at radius 1 is 0.968 bits per heavy atom. The van der Waals surface area contributed by atoms with E-state index in [1.54, 1.807) is 30.3 Å². The molecule has 0 aliphatic heterocycles. The number of sulfonamides is 1. The third-order valence-electron chi connectivity index (χ3n) is 4.94. The summed E-state index contributed by atoms with van der Waals surface area (Å²) in [7, 11) is -3.69. The van der Waals surface area contributed by atoms with Crippen LogP contribution >= 0.6 is 0 Å². The second kappa shape index (κ2) is 11.5. The zero-order valence-electron chi connectivity index (χ0n) is 18.3. The van der Waals surface area contributed by atoms with E-state index in [1.807, 2.05) is 44.2 Å². The number of hydrogen-bond donors (Lipinski definition) is 1. The number of anilines is 1. The lowest BCUT2D eigenvalue weighted by Crippen LogP contribution is -2.53. The predicted octanol–water partition coefficient (Wildman–Crippen LogP) is 2.44. The van der Waals surface area contributed by atoms with Crippen molar-refractivity contribution in [2.24, 2.45) is 0 Å². The number of likely N-dealkylation sites (N-methyl/N-ethyl adjacent to an activating group) is 1. The maximum Gasteiger partial charge on any atom is 0.244 e. The van der Waals surface area contributed by atoms with Gasteiger partial charge in [0.2, 0.25) is 21.8 Å². The molecule has 0 saturated carbocycles. The van der Waals surface area contributed by atoms with Crippen LogP contribution in [0.4, 0.5) is 5.69 Å². The molecule has 0 aliphatic carbocycles. The van der Waals surface area contributed by atoms with E-state index in [1.165, 1.54) is 4.90 Å². The van der Waals surface area contributed by atoms with Crippen LogP contribution in [0.3, 0.4) is 0 Å². The van der Waals surface area contributed by atoms with Crippen molar-refractivity contribution in [2.45, 2.75) is 32.7 Å². The Bertz CT molecular complexity index is 949. The van der Waals surface area contributed by atoms with Crippen LogP contribution < -0.4 is 9.62 Å². The van der Waals surface area contributed by atoms with E-state index in [4.69, 9.17) is 0 Å². The van der Waals surface area contributed by atoms with Gasteiger partial charge in [-0.3, -0.25) is 13.9 Å². The molecule has 0 spiro atoms. The van der Waals surface area contributed by atoms with Crippen molar-refractivity contribution in [3.05, 3.63) is 66.2 Å². The van der Waals surface area contributed by atoms with Crippen LogP contribution in [0.1, 0.15) is 25.8 Å². The van der Waals surface area contributed by atoms with E-state index in [-0.39, 0.29) is 12.5 Å². The number of hydrogen-bond acceptors (Lipinski definition) is 4. The van der Waals surface area contributed by atoms with Crippen LogP contribution in [0.15, 0.2) is 60.7 Å². The Morgan fingerprint density at radius 2 is 1.55 bits per heavy atom. The average Bonchev–Trinajstić information content (AvgIpc) is 2.75. The van der Waals surface area contributed by atoms with Gasteiger partial charge in [-0.25, -0.2) is 8.42 Å². The van der Waals surface area contributed by atoms with Gasteiger partial charge in [0.05, 0.1) is 11.9 Å². The number of carbonyl (C=O) groups excluding carboxylic acids is 2. The molecular formula is C23H31N3O4S. The SMILES string of the molecule is CCNC(=O)C(CC)N(CCc1ccccc1)C(=O)CN(c1ccccc1)S(C)(=O)=O. The molecule has 2 rings (SSSR count). The summed E-state index contributed by atoms with van der Waals surface area (Å²) in [6.45, 7) is 4.06. The van der Waals surface area contributed by atoms with Gasteiger partial charge in [-0.05, 0) is 37.5 Å². The quantitative estimate of drug-likeness (QED) is 0.576. The van der Waals surface area contributed by atoms with E-state index >= 15 is 0 Å².